The van der Waals surface area contributed by atoms with Crippen LogP contribution in [0.1, 0.15) is 42.5 Å². The summed E-state index contributed by atoms with van der Waals surface area (Å²) in [5, 5.41) is 2.95. The summed E-state index contributed by atoms with van der Waals surface area (Å²) in [4.78, 5) is 44.5. The van der Waals surface area contributed by atoms with Crippen LogP contribution in [0.25, 0.3) is 0 Å². The number of hydrogen-bond acceptors (Lipinski definition) is 7. The third kappa shape index (κ3) is 5.91. The monoisotopic (exact) mass is 418 g/mol. The predicted octanol–water partition coefficient (Wildman–Crippen LogP) is 0.982. The molecular formula is C21H30N4O5. The lowest BCUT2D eigenvalue weighted by Gasteiger charge is -2.36. The van der Waals surface area contributed by atoms with E-state index in [2.05, 4.69) is 15.0 Å². The maximum Gasteiger partial charge on any atom is 0.305 e. The Balaban J connectivity index is 1.51. The van der Waals surface area contributed by atoms with Gasteiger partial charge in [0.05, 0.1) is 18.8 Å². The number of carbonyl (C=O) groups excluding carboxylic acids is 3. The minimum atomic E-state index is -0.298. The molecule has 3 rings (SSSR count). The van der Waals surface area contributed by atoms with Gasteiger partial charge in [-0.1, -0.05) is 0 Å². The maximum atomic E-state index is 12.7. The second-order valence-corrected chi connectivity index (χ2v) is 7.52. The van der Waals surface area contributed by atoms with E-state index in [4.69, 9.17) is 4.74 Å². The van der Waals surface area contributed by atoms with E-state index in [0.717, 1.165) is 19.4 Å². The molecule has 0 spiro atoms. The number of piperazine rings is 1. The van der Waals surface area contributed by atoms with Crippen LogP contribution in [0.15, 0.2) is 18.3 Å². The number of nitrogens with zero attached hydrogens (tertiary/aromatic N) is 3. The lowest BCUT2D eigenvalue weighted by Crippen LogP contribution is -2.49. The Kier molecular flexibility index (Phi) is 8.01. The highest BCUT2D eigenvalue weighted by molar-refractivity contribution is 5.99. The number of methoxy groups -OCH3 is 1. The SMILES string of the molecule is COC(=O)CCCC(=O)N1CCN(c2ncccc2C(=O)NCC2CCCO2)CC1. The summed E-state index contributed by atoms with van der Waals surface area (Å²) in [7, 11) is 1.35. The second-order valence-electron chi connectivity index (χ2n) is 7.52. The number of nitrogens with one attached hydrogen (secondary N) is 1. The lowest BCUT2D eigenvalue weighted by atomic mass is 10.1. The molecule has 1 N–H and O–H groups in total. The average molecular weight is 418 g/mol. The van der Waals surface area contributed by atoms with Gasteiger partial charge >= 0.3 is 5.97 Å². The molecule has 2 saturated heterocycles. The third-order valence-electron chi connectivity index (χ3n) is 5.48. The highest BCUT2D eigenvalue weighted by Gasteiger charge is 2.25. The molecule has 164 valence electrons. The van der Waals surface area contributed by atoms with E-state index in [0.29, 0.717) is 56.9 Å². The molecule has 2 aliphatic rings. The van der Waals surface area contributed by atoms with Gasteiger partial charge < -0.3 is 24.6 Å². The van der Waals surface area contributed by atoms with Crippen molar-refractivity contribution in [1.29, 1.82) is 0 Å². The fourth-order valence-corrected chi connectivity index (χ4v) is 3.75. The van der Waals surface area contributed by atoms with Crippen molar-refractivity contribution in [2.75, 3.05) is 51.3 Å². The van der Waals surface area contributed by atoms with Crippen LogP contribution in [-0.4, -0.2) is 80.2 Å². The maximum absolute atomic E-state index is 12.7. The quantitative estimate of drug-likeness (QED) is 0.628. The zero-order chi connectivity index (χ0) is 21.3. The number of carbonyl (C=O) groups is 3. The van der Waals surface area contributed by atoms with Crippen molar-refractivity contribution in [3.8, 4) is 0 Å². The molecule has 1 unspecified atom stereocenters. The number of ether oxygens (including phenoxy) is 2. The van der Waals surface area contributed by atoms with Crippen LogP contribution in [0, 0.1) is 0 Å². The Morgan fingerprint density at radius 2 is 2.03 bits per heavy atom. The number of pyridine rings is 1. The first-order valence-corrected chi connectivity index (χ1v) is 10.5. The van der Waals surface area contributed by atoms with Gasteiger partial charge in [0.25, 0.3) is 5.91 Å². The molecule has 9 heteroatoms. The van der Waals surface area contributed by atoms with E-state index in [1.54, 1.807) is 23.2 Å². The molecule has 0 aromatic carbocycles. The van der Waals surface area contributed by atoms with Gasteiger partial charge in [-0.25, -0.2) is 4.98 Å². The van der Waals surface area contributed by atoms with Crippen molar-refractivity contribution < 1.29 is 23.9 Å². The smallest absolute Gasteiger partial charge is 0.305 e. The molecule has 3 heterocycles. The number of aromatic nitrogens is 1. The van der Waals surface area contributed by atoms with E-state index in [9.17, 15) is 14.4 Å². The molecule has 30 heavy (non-hydrogen) atoms. The predicted molar refractivity (Wildman–Crippen MR) is 110 cm³/mol. The van der Waals surface area contributed by atoms with E-state index < -0.39 is 0 Å². The lowest BCUT2D eigenvalue weighted by molar-refractivity contribution is -0.140. The molecule has 2 fully saturated rings. The summed E-state index contributed by atoms with van der Waals surface area (Å²) in [6, 6.07) is 3.53. The van der Waals surface area contributed by atoms with Gasteiger partial charge in [-0.2, -0.15) is 0 Å². The van der Waals surface area contributed by atoms with Crippen LogP contribution in [0.2, 0.25) is 0 Å². The molecule has 9 nitrogen and oxygen atoms in total. The van der Waals surface area contributed by atoms with Gasteiger partial charge in [-0.3, -0.25) is 14.4 Å². The minimum Gasteiger partial charge on any atom is -0.469 e. The normalized spacial score (nSPS) is 18.9. The summed E-state index contributed by atoms with van der Waals surface area (Å²) < 4.78 is 10.2. The zero-order valence-electron chi connectivity index (χ0n) is 17.5. The molecule has 2 aliphatic heterocycles. The van der Waals surface area contributed by atoms with Gasteiger partial charge in [0.2, 0.25) is 5.91 Å². The molecule has 1 aromatic rings. The van der Waals surface area contributed by atoms with Crippen LogP contribution < -0.4 is 10.2 Å². The van der Waals surface area contributed by atoms with Gasteiger partial charge in [0, 0.05) is 58.4 Å². The number of hydrogen-bond donors (Lipinski definition) is 1. The van der Waals surface area contributed by atoms with Crippen LogP contribution in [0.3, 0.4) is 0 Å². The largest absolute Gasteiger partial charge is 0.469 e. The molecule has 1 atom stereocenters. The Hall–Kier alpha value is -2.68. The molecule has 2 amide bonds. The summed E-state index contributed by atoms with van der Waals surface area (Å²) >= 11 is 0. The Labute approximate surface area is 176 Å². The fraction of sp³-hybridized carbons (Fsp3) is 0.619. The van der Waals surface area contributed by atoms with Crippen molar-refractivity contribution >= 4 is 23.6 Å². The van der Waals surface area contributed by atoms with Crippen molar-refractivity contribution in [2.24, 2.45) is 0 Å². The van der Waals surface area contributed by atoms with E-state index in [1.807, 2.05) is 4.90 Å². The van der Waals surface area contributed by atoms with Crippen LogP contribution in [0.4, 0.5) is 5.82 Å². The van der Waals surface area contributed by atoms with Crippen molar-refractivity contribution in [2.45, 2.75) is 38.2 Å². The summed E-state index contributed by atoms with van der Waals surface area (Å²) in [6.07, 6.45) is 4.83. The van der Waals surface area contributed by atoms with Gasteiger partial charge in [0.15, 0.2) is 0 Å². The van der Waals surface area contributed by atoms with Crippen molar-refractivity contribution in [3.63, 3.8) is 0 Å². The van der Waals surface area contributed by atoms with Crippen molar-refractivity contribution in [1.82, 2.24) is 15.2 Å². The molecular weight excluding hydrogens is 388 g/mol. The summed E-state index contributed by atoms with van der Waals surface area (Å²) in [5.41, 5.74) is 0.536. The first-order chi connectivity index (χ1) is 14.6. The molecule has 0 radical (unpaired) electrons. The molecule has 0 aliphatic carbocycles. The van der Waals surface area contributed by atoms with Gasteiger partial charge in [0.1, 0.15) is 5.82 Å². The summed E-state index contributed by atoms with van der Waals surface area (Å²) in [6.45, 7) is 3.58. The standard InChI is InChI=1S/C21H30N4O5/c1-29-19(27)8-2-7-18(26)24-10-12-25(13-11-24)20-17(6-3-9-22-20)21(28)23-15-16-5-4-14-30-16/h3,6,9,16H,2,4-5,7-8,10-15H2,1H3,(H,23,28). The highest BCUT2D eigenvalue weighted by Crippen LogP contribution is 2.20. The van der Waals surface area contributed by atoms with Crippen LogP contribution in [-0.2, 0) is 19.1 Å². The molecule has 0 bridgehead atoms. The Morgan fingerprint density at radius 1 is 1.23 bits per heavy atom. The van der Waals surface area contributed by atoms with Crippen molar-refractivity contribution in [3.05, 3.63) is 23.9 Å². The second kappa shape index (κ2) is 10.9. The number of rotatable bonds is 8. The first kappa shape index (κ1) is 22.0. The van der Waals surface area contributed by atoms with E-state index in [1.165, 1.54) is 7.11 Å². The fourth-order valence-electron chi connectivity index (χ4n) is 3.75. The van der Waals surface area contributed by atoms with Gasteiger partial charge in [-0.05, 0) is 31.4 Å². The summed E-state index contributed by atoms with van der Waals surface area (Å²) in [5.74, 6) is 0.220. The van der Waals surface area contributed by atoms with Gasteiger partial charge in [-0.15, -0.1) is 0 Å². The molecule has 1 aromatic heterocycles. The average Bonchev–Trinajstić information content (AvgIpc) is 3.31. The molecule has 0 saturated carbocycles. The number of anilines is 1. The minimum absolute atomic E-state index is 0.0362. The number of amides is 2. The third-order valence-corrected chi connectivity index (χ3v) is 5.48. The number of esters is 1. The highest BCUT2D eigenvalue weighted by atomic mass is 16.5. The Morgan fingerprint density at radius 3 is 2.73 bits per heavy atom. The first-order valence-electron chi connectivity index (χ1n) is 10.5. The topological polar surface area (TPSA) is 101 Å². The van der Waals surface area contributed by atoms with E-state index in [-0.39, 0.29) is 30.3 Å². The van der Waals surface area contributed by atoms with Crippen LogP contribution >= 0.6 is 0 Å². The Bertz CT molecular complexity index is 743. The van der Waals surface area contributed by atoms with Crippen LogP contribution in [0.5, 0.6) is 0 Å². The van der Waals surface area contributed by atoms with E-state index >= 15 is 0 Å². The zero-order valence-corrected chi connectivity index (χ0v) is 17.5.